The smallest absolute Gasteiger partial charge is 0.430 e. The van der Waals surface area contributed by atoms with Crippen LogP contribution in [0.25, 0.3) is 0 Å². The highest BCUT2D eigenvalue weighted by atomic mass is 16.8. The second-order valence-corrected chi connectivity index (χ2v) is 14.7. The Balaban J connectivity index is 2.14. The minimum absolute atomic E-state index is 0.0404. The molecule has 8 nitrogen and oxygen atoms in total. The molecule has 0 aromatic heterocycles. The van der Waals surface area contributed by atoms with Crippen LogP contribution in [-0.4, -0.2) is 55.6 Å². The first-order chi connectivity index (χ1) is 25.6. The predicted octanol–water partition coefficient (Wildman–Crippen LogP) is 12.7. The zero-order valence-corrected chi connectivity index (χ0v) is 33.7. The molecule has 1 rings (SSSR count). The number of rotatable bonds is 38. The summed E-state index contributed by atoms with van der Waals surface area (Å²) in [6.45, 7) is 5.98. The van der Waals surface area contributed by atoms with Crippen LogP contribution in [0.2, 0.25) is 0 Å². The number of unbranched alkanes of at least 4 members (excludes halogenated alkanes) is 24. The molecule has 1 unspecified atom stereocenters. The Bertz CT molecular complexity index is 889. The van der Waals surface area contributed by atoms with Crippen LogP contribution in [0, 0.1) is 0 Å². The first-order valence-electron chi connectivity index (χ1n) is 21.8. The molecule has 1 atom stereocenters. The van der Waals surface area contributed by atoms with Crippen molar-refractivity contribution in [3.05, 3.63) is 24.3 Å². The normalized spacial score (nSPS) is 14.0. The molecule has 0 aromatic rings. The summed E-state index contributed by atoms with van der Waals surface area (Å²) in [6.07, 6.45) is 43.3. The molecule has 0 spiro atoms. The van der Waals surface area contributed by atoms with Gasteiger partial charge in [-0.15, -0.1) is 0 Å². The van der Waals surface area contributed by atoms with Crippen LogP contribution in [0.4, 0.5) is 4.79 Å². The van der Waals surface area contributed by atoms with Crippen LogP contribution in [0.1, 0.15) is 206 Å². The van der Waals surface area contributed by atoms with Crippen molar-refractivity contribution in [2.45, 2.75) is 213 Å². The Morgan fingerprint density at radius 2 is 0.923 bits per heavy atom. The van der Waals surface area contributed by atoms with Gasteiger partial charge in [0.05, 0.1) is 6.61 Å². The van der Waals surface area contributed by atoms with Crippen molar-refractivity contribution >= 4 is 18.0 Å². The Morgan fingerprint density at radius 3 is 1.37 bits per heavy atom. The molecule has 2 amide bonds. The van der Waals surface area contributed by atoms with E-state index in [1.165, 1.54) is 154 Å². The summed E-state index contributed by atoms with van der Waals surface area (Å²) in [7, 11) is 0. The minimum Gasteiger partial charge on any atom is -0.430 e. The summed E-state index contributed by atoms with van der Waals surface area (Å²) in [6, 6.07) is 0. The standard InChI is InChI=1S/C44H79NO7/c1-3-5-7-9-11-13-15-17-19-21-23-25-27-29-31-33-37-49-39-41(40-51-44(48)52-45-42(46)35-36-43(45)47)50-38-34-32-30-28-26-24-22-20-18-16-14-12-10-8-6-4-2/h17-20,41H,3-16,21-40H2,1-2H3/b19-17-,20-18-. The predicted molar refractivity (Wildman–Crippen MR) is 213 cm³/mol. The summed E-state index contributed by atoms with van der Waals surface area (Å²) in [4.78, 5) is 40.5. The molecular formula is C44H79NO7. The van der Waals surface area contributed by atoms with E-state index in [9.17, 15) is 14.4 Å². The van der Waals surface area contributed by atoms with E-state index in [2.05, 4.69) is 38.2 Å². The van der Waals surface area contributed by atoms with Gasteiger partial charge in [0, 0.05) is 26.1 Å². The number of carbonyl (C=O) groups is 3. The van der Waals surface area contributed by atoms with Gasteiger partial charge in [-0.3, -0.25) is 14.4 Å². The molecule has 0 aromatic carbocycles. The summed E-state index contributed by atoms with van der Waals surface area (Å²) in [5.74, 6) is -1.07. The van der Waals surface area contributed by atoms with Crippen LogP contribution in [0.3, 0.4) is 0 Å². The molecule has 1 aliphatic rings. The number of ether oxygens (including phenoxy) is 3. The molecular weight excluding hydrogens is 654 g/mol. The van der Waals surface area contributed by atoms with Gasteiger partial charge in [-0.1, -0.05) is 159 Å². The van der Waals surface area contributed by atoms with Gasteiger partial charge in [0.1, 0.15) is 12.7 Å². The number of carbonyl (C=O) groups excluding carboxylic acids is 3. The molecule has 8 heteroatoms. The van der Waals surface area contributed by atoms with Crippen LogP contribution in [0.15, 0.2) is 24.3 Å². The van der Waals surface area contributed by atoms with Gasteiger partial charge in [-0.05, 0) is 64.2 Å². The van der Waals surface area contributed by atoms with Gasteiger partial charge in [0.15, 0.2) is 0 Å². The summed E-state index contributed by atoms with van der Waals surface area (Å²) in [5, 5.41) is 0.495. The maximum absolute atomic E-state index is 12.2. The maximum Gasteiger partial charge on any atom is 0.534 e. The number of nitrogens with zero attached hydrogens (tertiary/aromatic N) is 1. The Morgan fingerprint density at radius 1 is 0.538 bits per heavy atom. The average Bonchev–Trinajstić information content (AvgIpc) is 3.46. The molecule has 1 heterocycles. The van der Waals surface area contributed by atoms with E-state index in [-0.39, 0.29) is 19.4 Å². The number of hydroxylamine groups is 2. The largest absolute Gasteiger partial charge is 0.534 e. The average molecular weight is 734 g/mol. The van der Waals surface area contributed by atoms with Crippen molar-refractivity contribution in [2.75, 3.05) is 26.4 Å². The first-order valence-corrected chi connectivity index (χ1v) is 21.8. The number of amides is 2. The SMILES string of the molecule is CCCCCCCC/C=C\CCCCCCCCOCC(COC(=O)ON1C(=O)CCC1=O)OCCCCCCCC/C=C\CCCCCCCC. The van der Waals surface area contributed by atoms with E-state index >= 15 is 0 Å². The summed E-state index contributed by atoms with van der Waals surface area (Å²) >= 11 is 0. The zero-order chi connectivity index (χ0) is 37.6. The van der Waals surface area contributed by atoms with E-state index in [0.29, 0.717) is 24.9 Å². The molecule has 0 radical (unpaired) electrons. The Hall–Kier alpha value is -2.19. The van der Waals surface area contributed by atoms with Crippen LogP contribution < -0.4 is 0 Å². The molecule has 0 saturated carbocycles. The first kappa shape index (κ1) is 47.8. The van der Waals surface area contributed by atoms with E-state index in [0.717, 1.165) is 25.7 Å². The number of hydrogen-bond donors (Lipinski definition) is 0. The molecule has 302 valence electrons. The van der Waals surface area contributed by atoms with Crippen molar-refractivity contribution in [3.63, 3.8) is 0 Å². The third-order valence-corrected chi connectivity index (χ3v) is 9.67. The lowest BCUT2D eigenvalue weighted by atomic mass is 10.1. The molecule has 0 bridgehead atoms. The summed E-state index contributed by atoms with van der Waals surface area (Å²) in [5.41, 5.74) is 0. The Labute approximate surface area is 319 Å². The highest BCUT2D eigenvalue weighted by Crippen LogP contribution is 2.14. The van der Waals surface area contributed by atoms with Gasteiger partial charge in [0.2, 0.25) is 0 Å². The minimum atomic E-state index is -1.08. The monoisotopic (exact) mass is 734 g/mol. The fraction of sp³-hybridized carbons (Fsp3) is 0.841. The molecule has 1 fully saturated rings. The van der Waals surface area contributed by atoms with Crippen molar-refractivity contribution < 1.29 is 33.4 Å². The fourth-order valence-corrected chi connectivity index (χ4v) is 6.33. The maximum atomic E-state index is 12.2. The Kier molecular flexibility index (Phi) is 34.2. The van der Waals surface area contributed by atoms with E-state index in [4.69, 9.17) is 19.0 Å². The molecule has 52 heavy (non-hydrogen) atoms. The van der Waals surface area contributed by atoms with Crippen molar-refractivity contribution in [3.8, 4) is 0 Å². The quantitative estimate of drug-likeness (QED) is 0.0270. The fourth-order valence-electron chi connectivity index (χ4n) is 6.33. The molecule has 1 saturated heterocycles. The third kappa shape index (κ3) is 30.3. The lowest BCUT2D eigenvalue weighted by molar-refractivity contribution is -0.178. The van der Waals surface area contributed by atoms with Gasteiger partial charge in [-0.2, -0.15) is 0 Å². The van der Waals surface area contributed by atoms with E-state index < -0.39 is 24.1 Å². The second kappa shape index (κ2) is 37.1. The van der Waals surface area contributed by atoms with Crippen LogP contribution in [0.5, 0.6) is 0 Å². The molecule has 1 aliphatic heterocycles. The zero-order valence-electron chi connectivity index (χ0n) is 33.7. The van der Waals surface area contributed by atoms with Gasteiger partial charge in [0.25, 0.3) is 11.8 Å². The van der Waals surface area contributed by atoms with Gasteiger partial charge in [-0.25, -0.2) is 4.79 Å². The van der Waals surface area contributed by atoms with Gasteiger partial charge >= 0.3 is 6.16 Å². The second-order valence-electron chi connectivity index (χ2n) is 14.7. The summed E-state index contributed by atoms with van der Waals surface area (Å²) < 4.78 is 17.2. The highest BCUT2D eigenvalue weighted by molar-refractivity contribution is 6.01. The topological polar surface area (TPSA) is 91.4 Å². The van der Waals surface area contributed by atoms with E-state index in [1.54, 1.807) is 0 Å². The number of hydrogen-bond acceptors (Lipinski definition) is 7. The lowest BCUT2D eigenvalue weighted by Crippen LogP contribution is -2.34. The highest BCUT2D eigenvalue weighted by Gasteiger charge is 2.33. The van der Waals surface area contributed by atoms with E-state index in [1.807, 2.05) is 0 Å². The van der Waals surface area contributed by atoms with Gasteiger partial charge < -0.3 is 14.2 Å². The lowest BCUT2D eigenvalue weighted by Gasteiger charge is -2.19. The molecule has 0 aliphatic carbocycles. The molecule has 0 N–H and O–H groups in total. The van der Waals surface area contributed by atoms with Crippen LogP contribution >= 0.6 is 0 Å². The number of allylic oxidation sites excluding steroid dienone is 4. The van der Waals surface area contributed by atoms with Crippen LogP contribution in [-0.2, 0) is 28.6 Å². The number of imide groups is 1. The van der Waals surface area contributed by atoms with Crippen molar-refractivity contribution in [2.24, 2.45) is 0 Å². The van der Waals surface area contributed by atoms with Crippen molar-refractivity contribution in [1.82, 2.24) is 5.06 Å². The third-order valence-electron chi connectivity index (χ3n) is 9.67. The van der Waals surface area contributed by atoms with Crippen molar-refractivity contribution in [1.29, 1.82) is 0 Å².